The lowest BCUT2D eigenvalue weighted by atomic mass is 9.96. The third-order valence-corrected chi connectivity index (χ3v) is 7.10. The van der Waals surface area contributed by atoms with Crippen molar-refractivity contribution in [3.8, 4) is 0 Å². The zero-order chi connectivity index (χ0) is 22.5. The van der Waals surface area contributed by atoms with Crippen molar-refractivity contribution < 1.29 is 9.53 Å². The molecule has 0 radical (unpaired) electrons. The molecule has 0 saturated carbocycles. The molecule has 1 aliphatic heterocycles. The summed E-state index contributed by atoms with van der Waals surface area (Å²) in [5.74, 6) is 0.238. The van der Waals surface area contributed by atoms with Gasteiger partial charge in [-0.05, 0) is 31.9 Å². The van der Waals surface area contributed by atoms with Crippen LogP contribution in [0.3, 0.4) is 0 Å². The van der Waals surface area contributed by atoms with Gasteiger partial charge in [0.05, 0.1) is 24.8 Å². The highest BCUT2D eigenvalue weighted by Gasteiger charge is 2.28. The number of hydrogen-bond acceptors (Lipinski definition) is 3. The summed E-state index contributed by atoms with van der Waals surface area (Å²) in [6.45, 7) is 10.4. The van der Waals surface area contributed by atoms with E-state index in [1.165, 1.54) is 48.4 Å². The minimum absolute atomic E-state index is 0.135. The summed E-state index contributed by atoms with van der Waals surface area (Å²) in [5, 5.41) is 2.45. The van der Waals surface area contributed by atoms with Crippen LogP contribution in [-0.4, -0.2) is 47.6 Å². The van der Waals surface area contributed by atoms with Crippen molar-refractivity contribution in [1.82, 2.24) is 9.47 Å². The fraction of sp³-hybridized carbons (Fsp3) is 0.536. The molecule has 1 fully saturated rings. The first-order valence-electron chi connectivity index (χ1n) is 12.5. The molecule has 0 aliphatic carbocycles. The van der Waals surface area contributed by atoms with Gasteiger partial charge in [0.25, 0.3) is 0 Å². The molecular formula is C28H38N2O2. The zero-order valence-corrected chi connectivity index (χ0v) is 20.0. The Balaban J connectivity index is 1.72. The number of unbranched alkanes of at least 4 members (excludes halogenated alkanes) is 5. The lowest BCUT2D eigenvalue weighted by Crippen LogP contribution is -2.46. The van der Waals surface area contributed by atoms with Crippen molar-refractivity contribution in [3.05, 3.63) is 47.5 Å². The number of benzene rings is 2. The van der Waals surface area contributed by atoms with E-state index in [1.807, 2.05) is 0 Å². The third kappa shape index (κ3) is 4.62. The van der Waals surface area contributed by atoms with Gasteiger partial charge in [0.15, 0.2) is 5.78 Å². The predicted molar refractivity (Wildman–Crippen MR) is 134 cm³/mol. The minimum Gasteiger partial charge on any atom is -0.379 e. The smallest absolute Gasteiger partial charge is 0.182 e. The van der Waals surface area contributed by atoms with Crippen LogP contribution in [0.1, 0.15) is 68.3 Å². The first kappa shape index (κ1) is 23.0. The van der Waals surface area contributed by atoms with Gasteiger partial charge < -0.3 is 9.30 Å². The van der Waals surface area contributed by atoms with Crippen LogP contribution in [0.25, 0.3) is 21.8 Å². The van der Waals surface area contributed by atoms with Crippen molar-refractivity contribution >= 4 is 27.6 Å². The Bertz CT molecular complexity index is 1060. The van der Waals surface area contributed by atoms with E-state index >= 15 is 0 Å². The van der Waals surface area contributed by atoms with Crippen LogP contribution < -0.4 is 0 Å². The lowest BCUT2D eigenvalue weighted by molar-refractivity contribution is 0.0209. The molecule has 4 rings (SSSR count). The fourth-order valence-corrected chi connectivity index (χ4v) is 5.18. The van der Waals surface area contributed by atoms with E-state index in [1.54, 1.807) is 0 Å². The number of aryl methyl sites for hydroxylation is 2. The monoisotopic (exact) mass is 434 g/mol. The molecule has 0 amide bonds. The first-order valence-corrected chi connectivity index (χ1v) is 12.5. The van der Waals surface area contributed by atoms with Crippen LogP contribution in [0.2, 0.25) is 0 Å². The minimum atomic E-state index is -0.135. The molecule has 1 aromatic heterocycles. The average molecular weight is 435 g/mol. The molecule has 4 heteroatoms. The van der Waals surface area contributed by atoms with Gasteiger partial charge in [-0.3, -0.25) is 9.69 Å². The van der Waals surface area contributed by atoms with Gasteiger partial charge in [0, 0.05) is 41.5 Å². The molecule has 0 bridgehead atoms. The Hall–Kier alpha value is -2.17. The van der Waals surface area contributed by atoms with E-state index in [4.69, 9.17) is 4.74 Å². The van der Waals surface area contributed by atoms with Crippen LogP contribution in [0, 0.1) is 6.92 Å². The van der Waals surface area contributed by atoms with Crippen molar-refractivity contribution in [2.24, 2.45) is 0 Å². The highest BCUT2D eigenvalue weighted by Crippen LogP contribution is 2.34. The maximum Gasteiger partial charge on any atom is 0.182 e. The number of carbonyl (C=O) groups excluding carboxylic acids is 1. The first-order chi connectivity index (χ1) is 15.6. The van der Waals surface area contributed by atoms with Crippen molar-refractivity contribution in [2.75, 3.05) is 26.3 Å². The van der Waals surface area contributed by atoms with E-state index in [2.05, 4.69) is 66.6 Å². The van der Waals surface area contributed by atoms with E-state index in [0.717, 1.165) is 42.7 Å². The Kier molecular flexibility index (Phi) is 7.64. The number of ether oxygens (including phenoxy) is 1. The van der Waals surface area contributed by atoms with Crippen molar-refractivity contribution in [1.29, 1.82) is 0 Å². The Morgan fingerprint density at radius 1 is 0.969 bits per heavy atom. The highest BCUT2D eigenvalue weighted by molar-refractivity contribution is 6.17. The van der Waals surface area contributed by atoms with E-state index in [0.29, 0.717) is 13.2 Å². The molecule has 0 N–H and O–H groups in total. The van der Waals surface area contributed by atoms with Crippen LogP contribution in [-0.2, 0) is 11.3 Å². The zero-order valence-electron chi connectivity index (χ0n) is 20.0. The van der Waals surface area contributed by atoms with Crippen LogP contribution in [0.5, 0.6) is 0 Å². The van der Waals surface area contributed by atoms with Gasteiger partial charge >= 0.3 is 0 Å². The fourth-order valence-electron chi connectivity index (χ4n) is 5.18. The summed E-state index contributed by atoms with van der Waals surface area (Å²) in [6, 6.07) is 12.8. The molecule has 2 aromatic carbocycles. The number of nitrogens with zero attached hydrogens (tertiary/aromatic N) is 2. The Morgan fingerprint density at radius 3 is 2.47 bits per heavy atom. The van der Waals surface area contributed by atoms with Gasteiger partial charge in [-0.25, -0.2) is 0 Å². The summed E-state index contributed by atoms with van der Waals surface area (Å²) in [5.41, 5.74) is 4.36. The summed E-state index contributed by atoms with van der Waals surface area (Å²) in [7, 11) is 0. The summed E-state index contributed by atoms with van der Waals surface area (Å²) >= 11 is 0. The Morgan fingerprint density at radius 2 is 1.69 bits per heavy atom. The van der Waals surface area contributed by atoms with Crippen molar-refractivity contribution in [3.63, 3.8) is 0 Å². The number of Topliss-reactive ketones (excluding diaryl/α,β-unsaturated/α-hetero) is 1. The molecular weight excluding hydrogens is 396 g/mol. The van der Waals surface area contributed by atoms with Crippen LogP contribution in [0.4, 0.5) is 0 Å². The molecule has 3 aromatic rings. The SMILES string of the molecule is CCCCCCCCn1c2ccccc2c2ccc(C)c(C(=O)C(C)N3CCOCC3)c21. The highest BCUT2D eigenvalue weighted by atomic mass is 16.5. The number of para-hydroxylation sites is 1. The van der Waals surface area contributed by atoms with Gasteiger partial charge in [0.2, 0.25) is 0 Å². The summed E-state index contributed by atoms with van der Waals surface area (Å²) in [4.78, 5) is 16.1. The number of fused-ring (bicyclic) bond motifs is 3. The molecule has 2 heterocycles. The number of hydrogen-bond donors (Lipinski definition) is 0. The summed E-state index contributed by atoms with van der Waals surface area (Å²) in [6.07, 6.45) is 7.62. The maximum atomic E-state index is 13.9. The number of ketones is 1. The number of aromatic nitrogens is 1. The second-order valence-electron chi connectivity index (χ2n) is 9.28. The predicted octanol–water partition coefficient (Wildman–Crippen LogP) is 6.37. The third-order valence-electron chi connectivity index (χ3n) is 7.10. The van der Waals surface area contributed by atoms with Gasteiger partial charge in [-0.1, -0.05) is 69.4 Å². The molecule has 1 aliphatic rings. The molecule has 32 heavy (non-hydrogen) atoms. The van der Waals surface area contributed by atoms with E-state index in [-0.39, 0.29) is 11.8 Å². The van der Waals surface area contributed by atoms with Gasteiger partial charge in [-0.2, -0.15) is 0 Å². The number of rotatable bonds is 10. The van der Waals surface area contributed by atoms with Gasteiger partial charge in [0.1, 0.15) is 0 Å². The lowest BCUT2D eigenvalue weighted by Gasteiger charge is -2.31. The normalized spacial score (nSPS) is 16.1. The second-order valence-corrected chi connectivity index (χ2v) is 9.28. The van der Waals surface area contributed by atoms with Crippen LogP contribution in [0.15, 0.2) is 36.4 Å². The van der Waals surface area contributed by atoms with Crippen LogP contribution >= 0.6 is 0 Å². The molecule has 1 atom stereocenters. The maximum absolute atomic E-state index is 13.9. The van der Waals surface area contributed by atoms with Crippen molar-refractivity contribution in [2.45, 2.75) is 71.9 Å². The largest absolute Gasteiger partial charge is 0.379 e. The molecule has 0 spiro atoms. The number of carbonyl (C=O) groups is 1. The standard InChI is InChI=1S/C28H38N2O2/c1-4-5-6-7-8-11-16-30-25-13-10-9-12-23(25)24-15-14-21(2)26(27(24)30)28(31)22(3)29-17-19-32-20-18-29/h9-10,12-15,22H,4-8,11,16-20H2,1-3H3. The molecule has 1 saturated heterocycles. The molecule has 172 valence electrons. The second kappa shape index (κ2) is 10.6. The average Bonchev–Trinajstić information content (AvgIpc) is 3.14. The topological polar surface area (TPSA) is 34.5 Å². The number of morpholine rings is 1. The summed E-state index contributed by atoms with van der Waals surface area (Å²) < 4.78 is 7.94. The Labute approximate surface area is 192 Å². The molecule has 1 unspecified atom stereocenters. The van der Waals surface area contributed by atoms with Gasteiger partial charge in [-0.15, -0.1) is 0 Å². The quantitative estimate of drug-likeness (QED) is 0.275. The van der Waals surface area contributed by atoms with E-state index < -0.39 is 0 Å². The van der Waals surface area contributed by atoms with E-state index in [9.17, 15) is 4.79 Å². The molecule has 4 nitrogen and oxygen atoms in total.